The Bertz CT molecular complexity index is 506. The van der Waals surface area contributed by atoms with Gasteiger partial charge in [0.1, 0.15) is 4.99 Å². The van der Waals surface area contributed by atoms with Crippen molar-refractivity contribution in [2.75, 3.05) is 24.5 Å². The second-order valence-electron chi connectivity index (χ2n) is 5.78. The number of aromatic nitrogens is 2. The number of hydrogen-bond donors (Lipinski definition) is 1. The lowest BCUT2D eigenvalue weighted by Crippen LogP contribution is -2.59. The normalized spacial score (nSPS) is 27.1. The quantitative estimate of drug-likeness (QED) is 0.826. The van der Waals surface area contributed by atoms with Gasteiger partial charge in [-0.3, -0.25) is 4.90 Å². The van der Waals surface area contributed by atoms with Gasteiger partial charge in [-0.25, -0.2) is 0 Å². The molecule has 0 spiro atoms. The van der Waals surface area contributed by atoms with Gasteiger partial charge in [0.2, 0.25) is 0 Å². The molecular weight excluding hydrogens is 270 g/mol. The van der Waals surface area contributed by atoms with Gasteiger partial charge in [-0.1, -0.05) is 18.6 Å². The Morgan fingerprint density at radius 1 is 1.40 bits per heavy atom. The third-order valence-electron chi connectivity index (χ3n) is 4.43. The van der Waals surface area contributed by atoms with Gasteiger partial charge in [-0.05, 0) is 32.4 Å². The van der Waals surface area contributed by atoms with E-state index >= 15 is 0 Å². The van der Waals surface area contributed by atoms with Gasteiger partial charge in [0.25, 0.3) is 0 Å². The summed E-state index contributed by atoms with van der Waals surface area (Å²) in [4.78, 5) is 5.34. The predicted molar refractivity (Wildman–Crippen MR) is 83.9 cm³/mol. The third-order valence-corrected chi connectivity index (χ3v) is 4.65. The number of piperidine rings is 1. The van der Waals surface area contributed by atoms with E-state index in [0.717, 1.165) is 24.5 Å². The molecule has 0 amide bonds. The van der Waals surface area contributed by atoms with Crippen LogP contribution < -0.4 is 10.6 Å². The zero-order valence-corrected chi connectivity index (χ0v) is 12.6. The molecule has 0 aliphatic carbocycles. The summed E-state index contributed by atoms with van der Waals surface area (Å²) in [5.41, 5.74) is 6.66. The molecule has 3 heterocycles. The van der Waals surface area contributed by atoms with E-state index in [1.54, 1.807) is 6.20 Å². The first-order chi connectivity index (χ1) is 9.66. The molecule has 2 N–H and O–H groups in total. The zero-order chi connectivity index (χ0) is 14.1. The van der Waals surface area contributed by atoms with Gasteiger partial charge in [0.05, 0.1) is 11.8 Å². The van der Waals surface area contributed by atoms with E-state index < -0.39 is 0 Å². The van der Waals surface area contributed by atoms with Crippen LogP contribution in [0.4, 0.5) is 5.82 Å². The Morgan fingerprint density at radius 2 is 2.25 bits per heavy atom. The average molecular weight is 291 g/mol. The summed E-state index contributed by atoms with van der Waals surface area (Å²) in [7, 11) is 0. The van der Waals surface area contributed by atoms with Crippen LogP contribution in [-0.2, 0) is 0 Å². The van der Waals surface area contributed by atoms with Crippen molar-refractivity contribution in [3.8, 4) is 0 Å². The van der Waals surface area contributed by atoms with Crippen LogP contribution in [0.15, 0.2) is 12.3 Å². The average Bonchev–Trinajstić information content (AvgIpc) is 2.46. The molecule has 2 aliphatic rings. The van der Waals surface area contributed by atoms with Crippen LogP contribution in [-0.4, -0.2) is 51.8 Å². The molecule has 5 nitrogen and oxygen atoms in total. The molecule has 108 valence electrons. The van der Waals surface area contributed by atoms with Crippen molar-refractivity contribution in [3.63, 3.8) is 0 Å². The molecule has 6 heteroatoms. The standard InChI is InChI=1S/C14H21N5S/c1-10-8-18-7-3-2-4-11(18)9-19(10)14-12(13(15)20)5-6-16-17-14/h5-6,10-11H,2-4,7-9H2,1H3,(H2,15,20). The maximum absolute atomic E-state index is 5.83. The molecule has 2 saturated heterocycles. The molecular formula is C14H21N5S. The van der Waals surface area contributed by atoms with E-state index in [1.165, 1.54) is 25.8 Å². The molecule has 1 aromatic heterocycles. The van der Waals surface area contributed by atoms with Crippen molar-refractivity contribution < 1.29 is 0 Å². The first-order valence-electron chi connectivity index (χ1n) is 7.29. The number of rotatable bonds is 2. The van der Waals surface area contributed by atoms with Crippen molar-refractivity contribution in [1.82, 2.24) is 15.1 Å². The van der Waals surface area contributed by atoms with Crippen LogP contribution in [0.2, 0.25) is 0 Å². The van der Waals surface area contributed by atoms with Gasteiger partial charge in [0.15, 0.2) is 5.82 Å². The summed E-state index contributed by atoms with van der Waals surface area (Å²) in [6.45, 7) is 5.54. The second kappa shape index (κ2) is 5.61. The van der Waals surface area contributed by atoms with E-state index in [-0.39, 0.29) is 0 Å². The van der Waals surface area contributed by atoms with Crippen LogP contribution in [0.25, 0.3) is 0 Å². The van der Waals surface area contributed by atoms with E-state index in [4.69, 9.17) is 18.0 Å². The number of nitrogens with two attached hydrogens (primary N) is 1. The summed E-state index contributed by atoms with van der Waals surface area (Å²) >= 11 is 5.15. The molecule has 2 atom stereocenters. The molecule has 2 unspecified atom stereocenters. The summed E-state index contributed by atoms with van der Waals surface area (Å²) in [6, 6.07) is 2.90. The van der Waals surface area contributed by atoms with Crippen molar-refractivity contribution in [3.05, 3.63) is 17.8 Å². The fraction of sp³-hybridized carbons (Fsp3) is 0.643. The Labute approximate surface area is 125 Å². The Morgan fingerprint density at radius 3 is 3.05 bits per heavy atom. The summed E-state index contributed by atoms with van der Waals surface area (Å²) in [6.07, 6.45) is 5.57. The zero-order valence-electron chi connectivity index (χ0n) is 11.8. The number of piperazine rings is 1. The molecule has 0 saturated carbocycles. The van der Waals surface area contributed by atoms with E-state index in [0.29, 0.717) is 17.1 Å². The van der Waals surface area contributed by atoms with E-state index in [1.807, 2.05) is 6.07 Å². The lowest BCUT2D eigenvalue weighted by molar-refractivity contribution is 0.115. The first-order valence-corrected chi connectivity index (χ1v) is 7.70. The van der Waals surface area contributed by atoms with Crippen molar-refractivity contribution in [1.29, 1.82) is 0 Å². The summed E-state index contributed by atoms with van der Waals surface area (Å²) < 4.78 is 0. The molecule has 1 aromatic rings. The van der Waals surface area contributed by atoms with Crippen LogP contribution in [0.1, 0.15) is 31.7 Å². The molecule has 2 aliphatic heterocycles. The van der Waals surface area contributed by atoms with Gasteiger partial charge in [-0.2, -0.15) is 5.10 Å². The Hall–Kier alpha value is -1.27. The monoisotopic (exact) mass is 291 g/mol. The van der Waals surface area contributed by atoms with Crippen molar-refractivity contribution >= 4 is 23.0 Å². The Kier molecular flexibility index (Phi) is 3.85. The second-order valence-corrected chi connectivity index (χ2v) is 6.22. The van der Waals surface area contributed by atoms with E-state index in [9.17, 15) is 0 Å². The van der Waals surface area contributed by atoms with Gasteiger partial charge < -0.3 is 10.6 Å². The molecule has 2 fully saturated rings. The predicted octanol–water partition coefficient (Wildman–Crippen LogP) is 1.17. The number of thiocarbonyl (C=S) groups is 1. The highest BCUT2D eigenvalue weighted by molar-refractivity contribution is 7.80. The molecule has 20 heavy (non-hydrogen) atoms. The van der Waals surface area contributed by atoms with Crippen LogP contribution in [0, 0.1) is 0 Å². The summed E-state index contributed by atoms with van der Waals surface area (Å²) in [5, 5.41) is 8.32. The number of hydrogen-bond acceptors (Lipinski definition) is 5. The highest BCUT2D eigenvalue weighted by atomic mass is 32.1. The minimum Gasteiger partial charge on any atom is -0.389 e. The van der Waals surface area contributed by atoms with Crippen molar-refractivity contribution in [2.24, 2.45) is 5.73 Å². The molecule has 0 aromatic carbocycles. The molecule has 3 rings (SSSR count). The van der Waals surface area contributed by atoms with Gasteiger partial charge >= 0.3 is 0 Å². The van der Waals surface area contributed by atoms with Crippen molar-refractivity contribution in [2.45, 2.75) is 38.3 Å². The number of anilines is 1. The van der Waals surface area contributed by atoms with Crippen LogP contribution >= 0.6 is 12.2 Å². The minimum atomic E-state index is 0.396. The minimum absolute atomic E-state index is 0.396. The van der Waals surface area contributed by atoms with E-state index in [2.05, 4.69) is 26.9 Å². The largest absolute Gasteiger partial charge is 0.389 e. The van der Waals surface area contributed by atoms with Gasteiger partial charge in [0, 0.05) is 25.2 Å². The number of nitrogens with zero attached hydrogens (tertiary/aromatic N) is 4. The molecule has 0 bridgehead atoms. The highest BCUT2D eigenvalue weighted by Gasteiger charge is 2.34. The topological polar surface area (TPSA) is 58.3 Å². The van der Waals surface area contributed by atoms with Crippen LogP contribution in [0.3, 0.4) is 0 Å². The number of fused-ring (bicyclic) bond motifs is 1. The Balaban J connectivity index is 1.88. The SMILES string of the molecule is CC1CN2CCCCC2CN1c1nnccc1C(N)=S. The summed E-state index contributed by atoms with van der Waals surface area (Å²) in [5.74, 6) is 0.845. The highest BCUT2D eigenvalue weighted by Crippen LogP contribution is 2.28. The van der Waals surface area contributed by atoms with Gasteiger partial charge in [-0.15, -0.1) is 5.10 Å². The fourth-order valence-electron chi connectivity index (χ4n) is 3.38. The van der Waals surface area contributed by atoms with Crippen LogP contribution in [0.5, 0.6) is 0 Å². The third kappa shape index (κ3) is 2.50. The smallest absolute Gasteiger partial charge is 0.161 e. The lowest BCUT2D eigenvalue weighted by Gasteiger charge is -2.48. The first kappa shape index (κ1) is 13.7. The molecule has 0 radical (unpaired) electrons. The fourth-order valence-corrected chi connectivity index (χ4v) is 3.54. The maximum atomic E-state index is 5.83. The lowest BCUT2D eigenvalue weighted by atomic mass is 9.97. The maximum Gasteiger partial charge on any atom is 0.161 e.